The number of carboxylic acids is 1. The number of nitrogens with zero attached hydrogens (tertiary/aromatic N) is 1. The molecule has 1 fully saturated rings. The highest BCUT2D eigenvalue weighted by Gasteiger charge is 2.45. The Morgan fingerprint density at radius 2 is 1.94 bits per heavy atom. The molecular formula is C20H33N5O8. The fourth-order valence-electron chi connectivity index (χ4n) is 3.61. The molecule has 0 aliphatic carbocycles. The molecule has 33 heavy (non-hydrogen) atoms. The van der Waals surface area contributed by atoms with Gasteiger partial charge in [-0.25, -0.2) is 4.79 Å². The molecule has 1 aliphatic rings. The highest BCUT2D eigenvalue weighted by Crippen LogP contribution is 2.30. The first kappa shape index (κ1) is 26.7. The molecule has 2 rings (SSSR count). The number of carbonyl (C=O) groups excluding carboxylic acids is 1. The number of aliphatic hydroxyl groups is 2. The standard InChI is InChI=1S/C20H33N5O8/c1-10(2)8-11(21)17(29)23-6-3-5-22-12(19(30)31)9-13-15(27)16(28)18(33-13)25-7-4-14(26)24-20(25)32/h4,7,10-13,15-16,18,22,27-28H,3,5-6,8-9,21H2,1-2H3,(H,23,29)(H,30,31)(H,24,26,32)/t11-,12-,13+,15+,16+,18+/m0/s1. The smallest absolute Gasteiger partial charge is 0.330 e. The van der Waals surface area contributed by atoms with Gasteiger partial charge in [0.1, 0.15) is 18.2 Å². The number of hydrogen-bond donors (Lipinski definition) is 7. The molecule has 0 unspecified atom stereocenters. The number of aromatic amines is 1. The van der Waals surface area contributed by atoms with Crippen LogP contribution in [0.15, 0.2) is 21.9 Å². The molecule has 0 spiro atoms. The number of nitrogens with two attached hydrogens (primary N) is 1. The van der Waals surface area contributed by atoms with Gasteiger partial charge >= 0.3 is 11.7 Å². The first-order valence-corrected chi connectivity index (χ1v) is 10.8. The van der Waals surface area contributed by atoms with Crippen LogP contribution in [-0.4, -0.2) is 80.2 Å². The van der Waals surface area contributed by atoms with Gasteiger partial charge in [0.2, 0.25) is 5.91 Å². The fraction of sp³-hybridized carbons (Fsp3) is 0.700. The van der Waals surface area contributed by atoms with Crippen LogP contribution in [0, 0.1) is 5.92 Å². The SMILES string of the molecule is CC(C)C[C@H](N)C(=O)NCCCN[C@@H](C[C@H]1O[C@@H](n2ccc(=O)[nH]c2=O)[C@H](O)[C@@H]1O)C(=O)O. The molecule has 1 aromatic heterocycles. The third kappa shape index (κ3) is 7.47. The number of carbonyl (C=O) groups is 2. The molecule has 8 N–H and O–H groups in total. The molecule has 1 aliphatic heterocycles. The first-order chi connectivity index (χ1) is 15.5. The lowest BCUT2D eigenvalue weighted by atomic mass is 10.0. The van der Waals surface area contributed by atoms with Crippen molar-refractivity contribution in [3.05, 3.63) is 33.1 Å². The van der Waals surface area contributed by atoms with Crippen molar-refractivity contribution in [3.63, 3.8) is 0 Å². The third-order valence-corrected chi connectivity index (χ3v) is 5.33. The number of H-pyrrole nitrogens is 1. The molecule has 1 saturated heterocycles. The summed E-state index contributed by atoms with van der Waals surface area (Å²) >= 11 is 0. The maximum absolute atomic E-state index is 12.0. The summed E-state index contributed by atoms with van der Waals surface area (Å²) in [4.78, 5) is 48.7. The quantitative estimate of drug-likeness (QED) is 0.159. The van der Waals surface area contributed by atoms with Crippen molar-refractivity contribution in [2.45, 2.75) is 69.7 Å². The van der Waals surface area contributed by atoms with Crippen LogP contribution in [0.2, 0.25) is 0 Å². The highest BCUT2D eigenvalue weighted by molar-refractivity contribution is 5.81. The van der Waals surface area contributed by atoms with Gasteiger partial charge in [-0.2, -0.15) is 0 Å². The maximum atomic E-state index is 12.0. The van der Waals surface area contributed by atoms with Gasteiger partial charge in [-0.1, -0.05) is 13.8 Å². The van der Waals surface area contributed by atoms with E-state index in [1.807, 2.05) is 18.8 Å². The molecular weight excluding hydrogens is 438 g/mol. The number of hydrogen-bond acceptors (Lipinski definition) is 9. The molecule has 0 aromatic carbocycles. The van der Waals surface area contributed by atoms with Crippen molar-refractivity contribution >= 4 is 11.9 Å². The van der Waals surface area contributed by atoms with Crippen LogP contribution >= 0.6 is 0 Å². The maximum Gasteiger partial charge on any atom is 0.330 e. The lowest BCUT2D eigenvalue weighted by Crippen LogP contribution is -2.44. The first-order valence-electron chi connectivity index (χ1n) is 10.8. The van der Waals surface area contributed by atoms with E-state index in [9.17, 15) is 34.5 Å². The minimum absolute atomic E-state index is 0.187. The molecule has 0 radical (unpaired) electrons. The number of aliphatic carboxylic acids is 1. The zero-order chi connectivity index (χ0) is 24.7. The molecule has 2 heterocycles. The predicted octanol–water partition coefficient (Wildman–Crippen LogP) is -2.53. The van der Waals surface area contributed by atoms with Crippen molar-refractivity contribution in [2.75, 3.05) is 13.1 Å². The molecule has 0 bridgehead atoms. The van der Waals surface area contributed by atoms with Crippen LogP contribution in [0.1, 0.15) is 39.3 Å². The lowest BCUT2D eigenvalue weighted by Gasteiger charge is -2.21. The molecule has 13 nitrogen and oxygen atoms in total. The van der Waals surface area contributed by atoms with Crippen molar-refractivity contribution in [1.82, 2.24) is 20.2 Å². The topological polar surface area (TPSA) is 209 Å². The van der Waals surface area contributed by atoms with Crippen LogP contribution in [0.25, 0.3) is 0 Å². The zero-order valence-corrected chi connectivity index (χ0v) is 18.6. The van der Waals surface area contributed by atoms with Gasteiger partial charge in [0.25, 0.3) is 5.56 Å². The van der Waals surface area contributed by atoms with Gasteiger partial charge in [0, 0.05) is 25.2 Å². The average Bonchev–Trinajstić information content (AvgIpc) is 3.00. The lowest BCUT2D eigenvalue weighted by molar-refractivity contribution is -0.141. The van der Waals surface area contributed by atoms with Crippen molar-refractivity contribution in [3.8, 4) is 0 Å². The molecule has 1 aromatic rings. The number of carboxylic acid groups (broad SMARTS) is 1. The summed E-state index contributed by atoms with van der Waals surface area (Å²) in [5.41, 5.74) is 4.34. The Hall–Kier alpha value is -2.58. The van der Waals surface area contributed by atoms with Crippen LogP contribution < -0.4 is 27.6 Å². The Morgan fingerprint density at radius 1 is 1.24 bits per heavy atom. The predicted molar refractivity (Wildman–Crippen MR) is 116 cm³/mol. The van der Waals surface area contributed by atoms with Crippen LogP contribution in [0.4, 0.5) is 0 Å². The summed E-state index contributed by atoms with van der Waals surface area (Å²) in [6.07, 6.45) is -3.37. The van der Waals surface area contributed by atoms with E-state index in [2.05, 4.69) is 10.6 Å². The number of rotatable bonds is 12. The summed E-state index contributed by atoms with van der Waals surface area (Å²) in [6.45, 7) is 4.50. The largest absolute Gasteiger partial charge is 0.480 e. The van der Waals surface area contributed by atoms with E-state index in [-0.39, 0.29) is 24.8 Å². The number of ether oxygens (including phenoxy) is 1. The van der Waals surface area contributed by atoms with Crippen molar-refractivity contribution < 1.29 is 29.6 Å². The Kier molecular flexibility index (Phi) is 9.73. The van der Waals surface area contributed by atoms with Crippen molar-refractivity contribution in [2.24, 2.45) is 11.7 Å². The van der Waals surface area contributed by atoms with E-state index in [1.54, 1.807) is 0 Å². The normalized spacial score (nSPS) is 24.5. The van der Waals surface area contributed by atoms with Crippen molar-refractivity contribution in [1.29, 1.82) is 0 Å². The third-order valence-electron chi connectivity index (χ3n) is 5.33. The van der Waals surface area contributed by atoms with Gasteiger partial charge in [0.15, 0.2) is 6.23 Å². The molecule has 13 heteroatoms. The van der Waals surface area contributed by atoms with Gasteiger partial charge < -0.3 is 36.4 Å². The number of nitrogens with one attached hydrogen (secondary N) is 3. The van der Waals surface area contributed by atoms with E-state index in [0.717, 1.165) is 16.8 Å². The Balaban J connectivity index is 1.86. The van der Waals surface area contributed by atoms with Gasteiger partial charge in [-0.05, 0) is 25.3 Å². The van der Waals surface area contributed by atoms with E-state index in [4.69, 9.17) is 10.5 Å². The van der Waals surface area contributed by atoms with Crippen LogP contribution in [-0.2, 0) is 14.3 Å². The molecule has 186 valence electrons. The Bertz CT molecular complexity index is 916. The number of aliphatic hydroxyl groups excluding tert-OH is 2. The second-order valence-electron chi connectivity index (χ2n) is 8.52. The molecule has 6 atom stereocenters. The highest BCUT2D eigenvalue weighted by atomic mass is 16.6. The zero-order valence-electron chi connectivity index (χ0n) is 18.6. The second kappa shape index (κ2) is 12.0. The van der Waals surface area contributed by atoms with E-state index in [0.29, 0.717) is 19.4 Å². The van der Waals surface area contributed by atoms with Gasteiger partial charge in [-0.3, -0.25) is 23.9 Å². The van der Waals surface area contributed by atoms with Gasteiger partial charge in [-0.15, -0.1) is 0 Å². The van der Waals surface area contributed by atoms with Crippen LogP contribution in [0.3, 0.4) is 0 Å². The molecule has 0 saturated carbocycles. The number of aromatic nitrogens is 2. The van der Waals surface area contributed by atoms with E-state index < -0.39 is 53.8 Å². The minimum atomic E-state index is -1.50. The number of amides is 1. The summed E-state index contributed by atoms with van der Waals surface area (Å²) in [5, 5.41) is 35.6. The van der Waals surface area contributed by atoms with E-state index in [1.165, 1.54) is 0 Å². The summed E-state index contributed by atoms with van der Waals surface area (Å²) in [5.74, 6) is -1.16. The second-order valence-corrected chi connectivity index (χ2v) is 8.52. The molecule has 1 amide bonds. The Labute approximate surface area is 189 Å². The summed E-state index contributed by atoms with van der Waals surface area (Å²) in [7, 11) is 0. The van der Waals surface area contributed by atoms with Gasteiger partial charge in [0.05, 0.1) is 12.1 Å². The fourth-order valence-corrected chi connectivity index (χ4v) is 3.61. The summed E-state index contributed by atoms with van der Waals surface area (Å²) in [6, 6.07) is -0.644. The Morgan fingerprint density at radius 3 is 2.55 bits per heavy atom. The van der Waals surface area contributed by atoms with Crippen LogP contribution in [0.5, 0.6) is 0 Å². The minimum Gasteiger partial charge on any atom is -0.480 e. The monoisotopic (exact) mass is 471 g/mol. The summed E-state index contributed by atoms with van der Waals surface area (Å²) < 4.78 is 6.48. The average molecular weight is 472 g/mol. The van der Waals surface area contributed by atoms with E-state index >= 15 is 0 Å².